The molecule has 34 heavy (non-hydrogen) atoms. The topological polar surface area (TPSA) is 80.1 Å². The van der Waals surface area contributed by atoms with Gasteiger partial charge in [-0.1, -0.05) is 18.2 Å². The number of hydrogen-bond acceptors (Lipinski definition) is 3. The SMILES string of the molecule is Cc1n[nH]c(C)c1-c1c(-c2cccc(OC(C)C)c2)n(CCC(=O)O)c2ccc(C3CC3)cc12. The van der Waals surface area contributed by atoms with Gasteiger partial charge < -0.3 is 14.4 Å². The molecular formula is C28H31N3O3. The summed E-state index contributed by atoms with van der Waals surface area (Å²) in [6.45, 7) is 8.48. The molecule has 0 spiro atoms. The summed E-state index contributed by atoms with van der Waals surface area (Å²) in [5.74, 6) is 0.613. The maximum atomic E-state index is 11.6. The minimum Gasteiger partial charge on any atom is -0.491 e. The Morgan fingerprint density at radius 3 is 2.62 bits per heavy atom. The first kappa shape index (κ1) is 22.3. The van der Waals surface area contributed by atoms with Crippen molar-refractivity contribution in [2.24, 2.45) is 0 Å². The van der Waals surface area contributed by atoms with E-state index in [9.17, 15) is 9.90 Å². The van der Waals surface area contributed by atoms with Crippen LogP contribution in [0.4, 0.5) is 0 Å². The van der Waals surface area contributed by atoms with Gasteiger partial charge in [-0.15, -0.1) is 0 Å². The first-order chi connectivity index (χ1) is 16.3. The van der Waals surface area contributed by atoms with Crippen LogP contribution < -0.4 is 4.74 Å². The zero-order chi connectivity index (χ0) is 24.0. The van der Waals surface area contributed by atoms with Crippen LogP contribution in [0.2, 0.25) is 0 Å². The van der Waals surface area contributed by atoms with Crippen LogP contribution in [-0.4, -0.2) is 31.9 Å². The molecule has 176 valence electrons. The van der Waals surface area contributed by atoms with E-state index in [1.807, 2.05) is 39.8 Å². The number of carboxylic acids is 1. The van der Waals surface area contributed by atoms with Crippen LogP contribution >= 0.6 is 0 Å². The lowest BCUT2D eigenvalue weighted by Crippen LogP contribution is -2.07. The van der Waals surface area contributed by atoms with E-state index in [1.165, 1.54) is 18.4 Å². The van der Waals surface area contributed by atoms with Gasteiger partial charge in [-0.2, -0.15) is 5.10 Å². The summed E-state index contributed by atoms with van der Waals surface area (Å²) in [6.07, 6.45) is 2.57. The second-order valence-corrected chi connectivity index (χ2v) is 9.57. The smallest absolute Gasteiger partial charge is 0.305 e. The van der Waals surface area contributed by atoms with Gasteiger partial charge in [-0.25, -0.2) is 0 Å². The fourth-order valence-electron chi connectivity index (χ4n) is 4.94. The lowest BCUT2D eigenvalue weighted by atomic mass is 9.95. The molecule has 0 bridgehead atoms. The monoisotopic (exact) mass is 457 g/mol. The van der Waals surface area contributed by atoms with E-state index in [4.69, 9.17) is 4.74 Å². The highest BCUT2D eigenvalue weighted by Crippen LogP contribution is 2.47. The second kappa shape index (κ2) is 8.67. The number of nitrogens with one attached hydrogen (secondary N) is 1. The zero-order valence-electron chi connectivity index (χ0n) is 20.2. The number of nitrogens with zero attached hydrogens (tertiary/aromatic N) is 2. The van der Waals surface area contributed by atoms with E-state index in [0.29, 0.717) is 12.5 Å². The van der Waals surface area contributed by atoms with Gasteiger partial charge in [0, 0.05) is 39.8 Å². The number of fused-ring (bicyclic) bond motifs is 1. The first-order valence-corrected chi connectivity index (χ1v) is 12.0. The lowest BCUT2D eigenvalue weighted by molar-refractivity contribution is -0.137. The van der Waals surface area contributed by atoms with Gasteiger partial charge in [0.15, 0.2) is 0 Å². The summed E-state index contributed by atoms with van der Waals surface area (Å²) in [5, 5.41) is 18.3. The summed E-state index contributed by atoms with van der Waals surface area (Å²) in [5.41, 5.74) is 8.53. The zero-order valence-corrected chi connectivity index (χ0v) is 20.2. The number of H-pyrrole nitrogens is 1. The third kappa shape index (κ3) is 4.09. The van der Waals surface area contributed by atoms with Crippen LogP contribution in [0.1, 0.15) is 56.0 Å². The number of benzene rings is 2. The predicted molar refractivity (Wildman–Crippen MR) is 134 cm³/mol. The number of hydrogen-bond donors (Lipinski definition) is 2. The number of carbonyl (C=O) groups is 1. The number of aliphatic carboxylic acids is 1. The molecule has 1 aliphatic rings. The van der Waals surface area contributed by atoms with Gasteiger partial charge in [-0.3, -0.25) is 9.89 Å². The van der Waals surface area contributed by atoms with Crippen LogP contribution in [0.5, 0.6) is 5.75 Å². The molecule has 0 aliphatic heterocycles. The average molecular weight is 458 g/mol. The largest absolute Gasteiger partial charge is 0.491 e. The minimum atomic E-state index is -0.809. The van der Waals surface area contributed by atoms with Crippen LogP contribution in [0.15, 0.2) is 42.5 Å². The maximum absolute atomic E-state index is 11.6. The fraction of sp³-hybridized carbons (Fsp3) is 0.357. The molecule has 2 aromatic heterocycles. The molecule has 2 heterocycles. The van der Waals surface area contributed by atoms with Crippen molar-refractivity contribution < 1.29 is 14.6 Å². The predicted octanol–water partition coefficient (Wildman–Crippen LogP) is 6.45. The van der Waals surface area contributed by atoms with E-state index in [0.717, 1.165) is 50.4 Å². The first-order valence-electron chi connectivity index (χ1n) is 12.0. The van der Waals surface area contributed by atoms with Crippen LogP contribution in [0.25, 0.3) is 33.3 Å². The highest BCUT2D eigenvalue weighted by molar-refractivity contribution is 6.06. The number of aromatic amines is 1. The molecule has 2 N–H and O–H groups in total. The quantitative estimate of drug-likeness (QED) is 0.318. The molecule has 4 aromatic rings. The van der Waals surface area contributed by atoms with Gasteiger partial charge in [0.2, 0.25) is 0 Å². The molecule has 1 saturated carbocycles. The Morgan fingerprint density at radius 2 is 1.97 bits per heavy atom. The van der Waals surface area contributed by atoms with Gasteiger partial charge >= 0.3 is 5.97 Å². The van der Waals surface area contributed by atoms with Gasteiger partial charge in [-0.05, 0) is 76.3 Å². The number of rotatable bonds is 8. The van der Waals surface area contributed by atoms with Crippen molar-refractivity contribution in [1.82, 2.24) is 14.8 Å². The van der Waals surface area contributed by atoms with E-state index in [-0.39, 0.29) is 12.5 Å². The van der Waals surface area contributed by atoms with Crippen molar-refractivity contribution in [2.45, 2.75) is 65.5 Å². The molecule has 0 amide bonds. The normalized spacial score (nSPS) is 13.7. The molecule has 6 nitrogen and oxygen atoms in total. The standard InChI is InChI=1S/C28H31N3O3/c1-16(2)34-22-7-5-6-21(14-22)28-27(26-17(3)29-30-18(26)4)23-15-20(19-8-9-19)10-11-24(23)31(28)13-12-25(32)33/h5-7,10-11,14-16,19H,8-9,12-13H2,1-4H3,(H,29,30)(H,32,33). The molecule has 1 aliphatic carbocycles. The molecule has 1 fully saturated rings. The summed E-state index contributed by atoms with van der Waals surface area (Å²) in [7, 11) is 0. The van der Waals surface area contributed by atoms with Gasteiger partial charge in [0.05, 0.1) is 23.9 Å². The summed E-state index contributed by atoms with van der Waals surface area (Å²) in [6, 6.07) is 14.8. The Kier molecular flexibility index (Phi) is 5.68. The summed E-state index contributed by atoms with van der Waals surface area (Å²) >= 11 is 0. The van der Waals surface area contributed by atoms with Crippen molar-refractivity contribution in [3.8, 4) is 28.1 Å². The molecule has 6 heteroatoms. The minimum absolute atomic E-state index is 0.0478. The third-order valence-electron chi connectivity index (χ3n) is 6.54. The molecule has 0 radical (unpaired) electrons. The Morgan fingerprint density at radius 1 is 1.18 bits per heavy atom. The molecule has 0 unspecified atom stereocenters. The van der Waals surface area contributed by atoms with Crippen molar-refractivity contribution in [2.75, 3.05) is 0 Å². The van der Waals surface area contributed by atoms with E-state index >= 15 is 0 Å². The molecule has 2 aromatic carbocycles. The molecule has 0 saturated heterocycles. The number of ether oxygens (including phenoxy) is 1. The van der Waals surface area contributed by atoms with Gasteiger partial charge in [0.25, 0.3) is 0 Å². The van der Waals surface area contributed by atoms with Crippen molar-refractivity contribution in [3.05, 3.63) is 59.4 Å². The number of aromatic nitrogens is 3. The van der Waals surface area contributed by atoms with E-state index in [1.54, 1.807) is 0 Å². The number of aryl methyl sites for hydroxylation is 3. The Balaban J connectivity index is 1.83. The number of carboxylic acid groups (broad SMARTS) is 1. The second-order valence-electron chi connectivity index (χ2n) is 9.57. The van der Waals surface area contributed by atoms with Crippen LogP contribution in [0, 0.1) is 13.8 Å². The van der Waals surface area contributed by atoms with Gasteiger partial charge in [0.1, 0.15) is 5.75 Å². The Labute approximate surface area is 199 Å². The summed E-state index contributed by atoms with van der Waals surface area (Å²) < 4.78 is 8.17. The average Bonchev–Trinajstić information content (AvgIpc) is 3.53. The molecule has 0 atom stereocenters. The lowest BCUT2D eigenvalue weighted by Gasteiger charge is -2.15. The highest BCUT2D eigenvalue weighted by Gasteiger charge is 2.28. The summed E-state index contributed by atoms with van der Waals surface area (Å²) in [4.78, 5) is 11.6. The van der Waals surface area contributed by atoms with E-state index < -0.39 is 5.97 Å². The van der Waals surface area contributed by atoms with Crippen LogP contribution in [0.3, 0.4) is 0 Å². The Hall–Kier alpha value is -3.54. The van der Waals surface area contributed by atoms with E-state index in [2.05, 4.69) is 45.1 Å². The van der Waals surface area contributed by atoms with Crippen molar-refractivity contribution in [1.29, 1.82) is 0 Å². The van der Waals surface area contributed by atoms with Crippen molar-refractivity contribution >= 4 is 16.9 Å². The molecular weight excluding hydrogens is 426 g/mol. The highest BCUT2D eigenvalue weighted by atomic mass is 16.5. The Bertz CT molecular complexity index is 1360. The molecule has 5 rings (SSSR count). The third-order valence-corrected chi connectivity index (χ3v) is 6.54. The maximum Gasteiger partial charge on any atom is 0.305 e. The fourth-order valence-corrected chi connectivity index (χ4v) is 4.94. The van der Waals surface area contributed by atoms with Crippen molar-refractivity contribution in [3.63, 3.8) is 0 Å². The van der Waals surface area contributed by atoms with Crippen LogP contribution in [-0.2, 0) is 11.3 Å².